The number of aryl methyl sites for hydroxylation is 1. The second-order valence-corrected chi connectivity index (χ2v) is 6.20. The van der Waals surface area contributed by atoms with E-state index in [0.717, 1.165) is 29.0 Å². The maximum absolute atomic E-state index is 12.2. The van der Waals surface area contributed by atoms with E-state index in [9.17, 15) is 9.90 Å². The molecule has 2 heterocycles. The Kier molecular flexibility index (Phi) is 4.94. The van der Waals surface area contributed by atoms with Crippen molar-refractivity contribution in [1.82, 2.24) is 15.1 Å². The van der Waals surface area contributed by atoms with Gasteiger partial charge in [0.1, 0.15) is 17.6 Å². The van der Waals surface area contributed by atoms with Crippen molar-refractivity contribution in [1.29, 1.82) is 0 Å². The fraction of sp³-hybridized carbons (Fsp3) is 0.444. The van der Waals surface area contributed by atoms with Gasteiger partial charge in [0.05, 0.1) is 12.8 Å². The van der Waals surface area contributed by atoms with Crippen molar-refractivity contribution in [3.63, 3.8) is 0 Å². The van der Waals surface area contributed by atoms with Crippen LogP contribution in [0.15, 0.2) is 24.5 Å². The van der Waals surface area contributed by atoms with Crippen molar-refractivity contribution < 1.29 is 19.4 Å². The fourth-order valence-electron chi connectivity index (χ4n) is 2.92. The molecular weight excluding hydrogens is 322 g/mol. The average molecular weight is 345 g/mol. The van der Waals surface area contributed by atoms with E-state index in [2.05, 4.69) is 10.4 Å². The van der Waals surface area contributed by atoms with Crippen LogP contribution < -0.4 is 14.8 Å². The number of aliphatic hydroxyl groups is 1. The molecule has 0 spiro atoms. The molecule has 2 aromatic rings. The summed E-state index contributed by atoms with van der Waals surface area (Å²) in [6.07, 6.45) is 2.82. The summed E-state index contributed by atoms with van der Waals surface area (Å²) in [4.78, 5) is 12.2. The monoisotopic (exact) mass is 345 g/mol. The molecule has 3 rings (SSSR count). The number of hydrogen-bond donors (Lipinski definition) is 2. The summed E-state index contributed by atoms with van der Waals surface area (Å²) in [6, 6.07) is 3.88. The van der Waals surface area contributed by atoms with Gasteiger partial charge in [-0.3, -0.25) is 9.48 Å². The lowest BCUT2D eigenvalue weighted by Gasteiger charge is -2.14. The van der Waals surface area contributed by atoms with Gasteiger partial charge in [-0.25, -0.2) is 0 Å². The van der Waals surface area contributed by atoms with Crippen molar-refractivity contribution in [3.8, 4) is 11.5 Å². The molecule has 2 unspecified atom stereocenters. The van der Waals surface area contributed by atoms with Gasteiger partial charge in [0.15, 0.2) is 6.10 Å². The molecule has 2 atom stereocenters. The Balaban J connectivity index is 1.71. The summed E-state index contributed by atoms with van der Waals surface area (Å²) in [7, 11) is 1.73. The standard InChI is InChI=1S/C18H23N3O4/c1-4-24-15-6-12-5-11(2)25-16(12)7-13(15)8-19-18(23)17(22)14-9-20-21(3)10-14/h6-7,9-11,17,22H,4-5,8H2,1-3H3,(H,19,23). The topological polar surface area (TPSA) is 85.6 Å². The quantitative estimate of drug-likeness (QED) is 0.828. The van der Waals surface area contributed by atoms with Crippen LogP contribution in [0, 0.1) is 0 Å². The lowest BCUT2D eigenvalue weighted by Crippen LogP contribution is -2.28. The van der Waals surface area contributed by atoms with Gasteiger partial charge in [-0.15, -0.1) is 0 Å². The van der Waals surface area contributed by atoms with E-state index in [4.69, 9.17) is 9.47 Å². The van der Waals surface area contributed by atoms with Crippen LogP contribution in [0.2, 0.25) is 0 Å². The Morgan fingerprint density at radius 2 is 2.36 bits per heavy atom. The highest BCUT2D eigenvalue weighted by molar-refractivity contribution is 5.81. The van der Waals surface area contributed by atoms with Crippen LogP contribution in [-0.4, -0.2) is 33.5 Å². The maximum Gasteiger partial charge on any atom is 0.253 e. The molecule has 7 heteroatoms. The first kappa shape index (κ1) is 17.3. The van der Waals surface area contributed by atoms with Crippen LogP contribution in [0.25, 0.3) is 0 Å². The van der Waals surface area contributed by atoms with Gasteiger partial charge in [-0.2, -0.15) is 5.10 Å². The molecule has 0 saturated heterocycles. The molecule has 0 aliphatic carbocycles. The van der Waals surface area contributed by atoms with Crippen LogP contribution in [0.5, 0.6) is 11.5 Å². The molecule has 0 radical (unpaired) electrons. The molecule has 1 aliphatic rings. The van der Waals surface area contributed by atoms with Crippen molar-refractivity contribution in [2.45, 2.75) is 39.0 Å². The summed E-state index contributed by atoms with van der Waals surface area (Å²) in [5, 5.41) is 16.8. The number of carbonyl (C=O) groups is 1. The van der Waals surface area contributed by atoms with E-state index in [1.54, 1.807) is 13.2 Å². The lowest BCUT2D eigenvalue weighted by atomic mass is 10.1. The van der Waals surface area contributed by atoms with Crippen molar-refractivity contribution >= 4 is 5.91 Å². The largest absolute Gasteiger partial charge is 0.494 e. The van der Waals surface area contributed by atoms with Gasteiger partial charge >= 0.3 is 0 Å². The number of carbonyl (C=O) groups excluding carboxylic acids is 1. The summed E-state index contributed by atoms with van der Waals surface area (Å²) in [5.41, 5.74) is 2.39. The number of fused-ring (bicyclic) bond motifs is 1. The van der Waals surface area contributed by atoms with Crippen molar-refractivity contribution in [2.75, 3.05) is 6.61 Å². The van der Waals surface area contributed by atoms with Gasteiger partial charge < -0.3 is 19.9 Å². The Morgan fingerprint density at radius 1 is 1.56 bits per heavy atom. The molecule has 25 heavy (non-hydrogen) atoms. The minimum absolute atomic E-state index is 0.140. The molecule has 1 aromatic heterocycles. The first-order valence-electron chi connectivity index (χ1n) is 8.37. The number of rotatable bonds is 6. The third-order valence-electron chi connectivity index (χ3n) is 4.12. The van der Waals surface area contributed by atoms with Gasteiger partial charge in [-0.1, -0.05) is 0 Å². The molecule has 0 fully saturated rings. The van der Waals surface area contributed by atoms with Crippen LogP contribution in [0.1, 0.15) is 36.6 Å². The molecule has 0 saturated carbocycles. The predicted molar refractivity (Wildman–Crippen MR) is 91.4 cm³/mol. The van der Waals surface area contributed by atoms with E-state index >= 15 is 0 Å². The highest BCUT2D eigenvalue weighted by Crippen LogP contribution is 2.35. The normalized spacial score (nSPS) is 16.9. The highest BCUT2D eigenvalue weighted by atomic mass is 16.5. The molecule has 0 bridgehead atoms. The number of hydrogen-bond acceptors (Lipinski definition) is 5. The SMILES string of the molecule is CCOc1cc2c(cc1CNC(=O)C(O)c1cnn(C)c1)OC(C)C2. The molecule has 1 amide bonds. The van der Waals surface area contributed by atoms with Crippen LogP contribution in [0.4, 0.5) is 0 Å². The Hall–Kier alpha value is -2.54. The van der Waals surface area contributed by atoms with Crippen molar-refractivity contribution in [3.05, 3.63) is 41.2 Å². The number of amides is 1. The summed E-state index contributed by atoms with van der Waals surface area (Å²) in [5.74, 6) is 1.08. The van der Waals surface area contributed by atoms with Gasteiger partial charge in [0.25, 0.3) is 5.91 Å². The van der Waals surface area contributed by atoms with Crippen LogP contribution in [0.3, 0.4) is 0 Å². The first-order valence-corrected chi connectivity index (χ1v) is 8.37. The third-order valence-corrected chi connectivity index (χ3v) is 4.12. The highest BCUT2D eigenvalue weighted by Gasteiger charge is 2.23. The van der Waals surface area contributed by atoms with E-state index in [1.165, 1.54) is 10.9 Å². The Bertz CT molecular complexity index is 772. The number of aromatic nitrogens is 2. The molecule has 1 aromatic carbocycles. The number of benzene rings is 1. The lowest BCUT2D eigenvalue weighted by molar-refractivity contribution is -0.129. The number of nitrogens with one attached hydrogen (secondary N) is 1. The maximum atomic E-state index is 12.2. The molecule has 7 nitrogen and oxygen atoms in total. The zero-order chi connectivity index (χ0) is 18.0. The Morgan fingerprint density at radius 3 is 3.04 bits per heavy atom. The van der Waals surface area contributed by atoms with Crippen LogP contribution in [-0.2, 0) is 24.8 Å². The minimum Gasteiger partial charge on any atom is -0.494 e. The average Bonchev–Trinajstić information content (AvgIpc) is 3.16. The van der Waals surface area contributed by atoms with Crippen LogP contribution >= 0.6 is 0 Å². The molecule has 2 N–H and O–H groups in total. The first-order chi connectivity index (χ1) is 12.0. The van der Waals surface area contributed by atoms with E-state index in [-0.39, 0.29) is 12.6 Å². The number of ether oxygens (including phenoxy) is 2. The molecular formula is C18H23N3O4. The minimum atomic E-state index is -1.25. The fourth-order valence-corrected chi connectivity index (χ4v) is 2.92. The number of nitrogens with zero attached hydrogens (tertiary/aromatic N) is 2. The second-order valence-electron chi connectivity index (χ2n) is 6.20. The zero-order valence-electron chi connectivity index (χ0n) is 14.7. The molecule has 134 valence electrons. The van der Waals surface area contributed by atoms with E-state index < -0.39 is 12.0 Å². The predicted octanol–water partition coefficient (Wildman–Crippen LogP) is 1.49. The zero-order valence-corrected chi connectivity index (χ0v) is 14.7. The van der Waals surface area contributed by atoms with Gasteiger partial charge in [-0.05, 0) is 26.0 Å². The Labute approximate surface area is 146 Å². The van der Waals surface area contributed by atoms with E-state index in [0.29, 0.717) is 12.2 Å². The summed E-state index contributed by atoms with van der Waals surface area (Å²) in [6.45, 7) is 4.72. The smallest absolute Gasteiger partial charge is 0.253 e. The van der Waals surface area contributed by atoms with Gasteiger partial charge in [0, 0.05) is 42.9 Å². The second kappa shape index (κ2) is 7.14. The third kappa shape index (κ3) is 3.76. The van der Waals surface area contributed by atoms with Crippen molar-refractivity contribution in [2.24, 2.45) is 7.05 Å². The van der Waals surface area contributed by atoms with E-state index in [1.807, 2.05) is 26.0 Å². The van der Waals surface area contributed by atoms with Gasteiger partial charge in [0.2, 0.25) is 0 Å². The summed E-state index contributed by atoms with van der Waals surface area (Å²) < 4.78 is 13.0. The number of aliphatic hydroxyl groups excluding tert-OH is 1. The summed E-state index contributed by atoms with van der Waals surface area (Å²) >= 11 is 0. The molecule has 1 aliphatic heterocycles.